The Kier molecular flexibility index (Phi) is 7.66. The van der Waals surface area contributed by atoms with Crippen molar-refractivity contribution in [3.8, 4) is 0 Å². The molecule has 0 atom stereocenters. The molecule has 3 heterocycles. The molecule has 0 N–H and O–H groups in total. The zero-order chi connectivity index (χ0) is 24.9. The van der Waals surface area contributed by atoms with Crippen molar-refractivity contribution in [2.45, 2.75) is 64.6 Å². The van der Waals surface area contributed by atoms with E-state index < -0.39 is 0 Å². The van der Waals surface area contributed by atoms with Crippen molar-refractivity contribution >= 4 is 11.0 Å². The van der Waals surface area contributed by atoms with E-state index in [1.54, 1.807) is 0 Å². The van der Waals surface area contributed by atoms with Crippen LogP contribution in [0.1, 0.15) is 60.1 Å². The van der Waals surface area contributed by atoms with Gasteiger partial charge in [-0.05, 0) is 105 Å². The zero-order valence-corrected chi connectivity index (χ0v) is 21.9. The molecular weight excluding hydrogens is 454 g/mol. The fraction of sp³-hybridized carbons (Fsp3) is 0.424. The third-order valence-corrected chi connectivity index (χ3v) is 8.41. The molecule has 2 aliphatic heterocycles. The van der Waals surface area contributed by atoms with Crippen LogP contribution in [-0.2, 0) is 32.5 Å². The minimum atomic E-state index is 0.841. The molecule has 0 amide bonds. The molecular formula is C33H39N3O. The summed E-state index contributed by atoms with van der Waals surface area (Å²) >= 11 is 0. The molecule has 37 heavy (non-hydrogen) atoms. The lowest BCUT2D eigenvalue weighted by Crippen LogP contribution is -2.33. The molecule has 192 valence electrons. The van der Waals surface area contributed by atoms with Gasteiger partial charge in [0.15, 0.2) is 5.58 Å². The Balaban J connectivity index is 1.04. The first-order chi connectivity index (χ1) is 18.3. The number of benzene rings is 3. The summed E-state index contributed by atoms with van der Waals surface area (Å²) in [6.07, 6.45) is 8.45. The molecule has 0 spiro atoms. The first kappa shape index (κ1) is 24.4. The van der Waals surface area contributed by atoms with Crippen molar-refractivity contribution < 1.29 is 4.52 Å². The molecule has 1 saturated heterocycles. The minimum Gasteiger partial charge on any atom is -0.356 e. The molecule has 0 aliphatic carbocycles. The Morgan fingerprint density at radius 1 is 0.784 bits per heavy atom. The van der Waals surface area contributed by atoms with Gasteiger partial charge in [0.05, 0.1) is 5.69 Å². The van der Waals surface area contributed by atoms with Gasteiger partial charge in [-0.2, -0.15) is 0 Å². The first-order valence-electron chi connectivity index (χ1n) is 14.2. The fourth-order valence-corrected chi connectivity index (χ4v) is 6.30. The monoisotopic (exact) mass is 493 g/mol. The largest absolute Gasteiger partial charge is 0.356 e. The molecule has 0 radical (unpaired) electrons. The molecule has 4 aromatic rings. The van der Waals surface area contributed by atoms with Gasteiger partial charge in [-0.25, -0.2) is 0 Å². The van der Waals surface area contributed by atoms with Crippen molar-refractivity contribution in [3.63, 3.8) is 0 Å². The van der Waals surface area contributed by atoms with Gasteiger partial charge >= 0.3 is 0 Å². The number of hydrogen-bond donors (Lipinski definition) is 0. The smallest absolute Gasteiger partial charge is 0.167 e. The predicted molar refractivity (Wildman–Crippen MR) is 150 cm³/mol. The summed E-state index contributed by atoms with van der Waals surface area (Å²) in [6.45, 7) is 6.69. The molecule has 1 fully saturated rings. The summed E-state index contributed by atoms with van der Waals surface area (Å²) in [6, 6.07) is 26.4. The summed E-state index contributed by atoms with van der Waals surface area (Å²) in [7, 11) is 0. The normalized spacial score (nSPS) is 17.6. The number of aryl methyl sites for hydroxylation is 2. The van der Waals surface area contributed by atoms with Crippen molar-refractivity contribution in [1.82, 2.24) is 15.0 Å². The molecule has 0 unspecified atom stereocenters. The highest BCUT2D eigenvalue weighted by Gasteiger charge is 2.21. The van der Waals surface area contributed by atoms with Crippen LogP contribution in [0, 0.1) is 5.92 Å². The van der Waals surface area contributed by atoms with Gasteiger partial charge < -0.3 is 4.52 Å². The van der Waals surface area contributed by atoms with Gasteiger partial charge in [0.1, 0.15) is 0 Å². The van der Waals surface area contributed by atoms with E-state index in [1.807, 2.05) is 0 Å². The summed E-state index contributed by atoms with van der Waals surface area (Å²) in [5, 5.41) is 5.76. The Bertz CT molecular complexity index is 1280. The van der Waals surface area contributed by atoms with E-state index in [-0.39, 0.29) is 0 Å². The molecule has 0 saturated carbocycles. The average Bonchev–Trinajstić information content (AvgIpc) is 3.21. The topological polar surface area (TPSA) is 32.5 Å². The second-order valence-corrected chi connectivity index (χ2v) is 11.1. The SMILES string of the molecule is c1ccc(CN2CCC(CCCc3noc4cc5c(cc34)CN(Cc3ccccc3)CCC5)CC2)cc1. The Labute approximate surface area is 221 Å². The highest BCUT2D eigenvalue weighted by atomic mass is 16.5. The van der Waals surface area contributed by atoms with E-state index in [1.165, 1.54) is 72.8 Å². The molecule has 6 rings (SSSR count). The Hall–Kier alpha value is -2.95. The standard InChI is InChI=1S/C33H39N3O/c1-3-9-27(10-4-1)23-35-19-16-26(17-20-35)13-7-15-32-31-21-30-25-36(24-28-11-5-2-6-12-28)18-8-14-29(30)22-33(31)37-34-32/h1-6,9-12,21-22,26H,7-8,13-20,23-25H2. The van der Waals surface area contributed by atoms with Crippen LogP contribution in [0.3, 0.4) is 0 Å². The van der Waals surface area contributed by atoms with Gasteiger partial charge in [-0.15, -0.1) is 0 Å². The summed E-state index contributed by atoms with van der Waals surface area (Å²) in [4.78, 5) is 5.20. The van der Waals surface area contributed by atoms with E-state index in [9.17, 15) is 0 Å². The average molecular weight is 494 g/mol. The second kappa shape index (κ2) is 11.6. The van der Waals surface area contributed by atoms with Gasteiger partial charge in [-0.3, -0.25) is 9.80 Å². The molecule has 2 aliphatic rings. The van der Waals surface area contributed by atoms with Crippen LogP contribution in [-0.4, -0.2) is 34.6 Å². The predicted octanol–water partition coefficient (Wildman–Crippen LogP) is 7.01. The number of likely N-dealkylation sites (tertiary alicyclic amines) is 1. The number of aromatic nitrogens is 1. The van der Waals surface area contributed by atoms with Gasteiger partial charge in [-0.1, -0.05) is 65.8 Å². The highest BCUT2D eigenvalue weighted by molar-refractivity contribution is 5.81. The third kappa shape index (κ3) is 6.14. The molecule has 0 bridgehead atoms. The maximum Gasteiger partial charge on any atom is 0.167 e. The maximum atomic E-state index is 5.82. The number of hydrogen-bond acceptors (Lipinski definition) is 4. The summed E-state index contributed by atoms with van der Waals surface area (Å²) in [5.41, 5.74) is 7.84. The van der Waals surface area contributed by atoms with E-state index in [0.29, 0.717) is 0 Å². The lowest BCUT2D eigenvalue weighted by Gasteiger charge is -2.32. The molecule has 4 nitrogen and oxygen atoms in total. The van der Waals surface area contributed by atoms with Crippen LogP contribution in [0.4, 0.5) is 0 Å². The van der Waals surface area contributed by atoms with Gasteiger partial charge in [0.2, 0.25) is 0 Å². The fourth-order valence-electron chi connectivity index (χ4n) is 6.30. The number of rotatable bonds is 8. The highest BCUT2D eigenvalue weighted by Crippen LogP contribution is 2.30. The van der Waals surface area contributed by atoms with Crippen molar-refractivity contribution in [2.75, 3.05) is 19.6 Å². The number of nitrogens with zero attached hydrogens (tertiary/aromatic N) is 3. The minimum absolute atomic E-state index is 0.841. The Morgan fingerprint density at radius 3 is 2.22 bits per heavy atom. The van der Waals surface area contributed by atoms with Crippen LogP contribution >= 0.6 is 0 Å². The third-order valence-electron chi connectivity index (χ3n) is 8.41. The lowest BCUT2D eigenvalue weighted by atomic mass is 9.90. The molecule has 1 aromatic heterocycles. The molecule has 3 aromatic carbocycles. The first-order valence-corrected chi connectivity index (χ1v) is 14.2. The van der Waals surface area contributed by atoms with Crippen LogP contribution in [0.2, 0.25) is 0 Å². The maximum absolute atomic E-state index is 5.82. The van der Waals surface area contributed by atoms with Crippen molar-refractivity contribution in [2.24, 2.45) is 5.92 Å². The van der Waals surface area contributed by atoms with E-state index >= 15 is 0 Å². The van der Waals surface area contributed by atoms with E-state index in [2.05, 4.69) is 87.8 Å². The summed E-state index contributed by atoms with van der Waals surface area (Å²) < 4.78 is 5.82. The van der Waals surface area contributed by atoms with E-state index in [4.69, 9.17) is 4.52 Å². The lowest BCUT2D eigenvalue weighted by molar-refractivity contribution is 0.171. The number of fused-ring (bicyclic) bond motifs is 2. The van der Waals surface area contributed by atoms with Crippen LogP contribution in [0.25, 0.3) is 11.0 Å². The Morgan fingerprint density at radius 2 is 1.49 bits per heavy atom. The molecule has 4 heteroatoms. The zero-order valence-electron chi connectivity index (χ0n) is 21.9. The van der Waals surface area contributed by atoms with E-state index in [0.717, 1.165) is 56.2 Å². The van der Waals surface area contributed by atoms with Crippen LogP contribution in [0.5, 0.6) is 0 Å². The summed E-state index contributed by atoms with van der Waals surface area (Å²) in [5.74, 6) is 0.841. The van der Waals surface area contributed by atoms with Gasteiger partial charge in [0, 0.05) is 25.0 Å². The van der Waals surface area contributed by atoms with Crippen LogP contribution in [0.15, 0.2) is 77.3 Å². The van der Waals surface area contributed by atoms with Crippen molar-refractivity contribution in [3.05, 3.63) is 101 Å². The van der Waals surface area contributed by atoms with Gasteiger partial charge in [0.25, 0.3) is 0 Å². The number of piperidine rings is 1. The second-order valence-electron chi connectivity index (χ2n) is 11.1. The van der Waals surface area contributed by atoms with Crippen LogP contribution < -0.4 is 0 Å². The van der Waals surface area contributed by atoms with Crippen molar-refractivity contribution in [1.29, 1.82) is 0 Å². The quantitative estimate of drug-likeness (QED) is 0.264.